The van der Waals surface area contributed by atoms with Crippen LogP contribution in [0.5, 0.6) is 0 Å². The zero-order chi connectivity index (χ0) is 13.7. The second-order valence-corrected chi connectivity index (χ2v) is 5.71. The van der Waals surface area contributed by atoms with Gasteiger partial charge in [-0.25, -0.2) is 0 Å². The largest absolute Gasteiger partial charge is 0.376 e. The standard InChI is InChI=1S/C16H26N2O/c1-3-15-12-18(9-10-19-15)16(2,13-17)11-14-7-5-4-6-8-14/h4-8,15H,3,9-13,17H2,1-2H3. The summed E-state index contributed by atoms with van der Waals surface area (Å²) >= 11 is 0. The van der Waals surface area contributed by atoms with Crippen LogP contribution >= 0.6 is 0 Å². The van der Waals surface area contributed by atoms with Gasteiger partial charge in [-0.3, -0.25) is 4.90 Å². The van der Waals surface area contributed by atoms with Gasteiger partial charge in [0, 0.05) is 25.2 Å². The van der Waals surface area contributed by atoms with E-state index in [1.54, 1.807) is 0 Å². The number of hydrogen-bond acceptors (Lipinski definition) is 3. The molecule has 0 radical (unpaired) electrons. The average molecular weight is 262 g/mol. The second-order valence-electron chi connectivity index (χ2n) is 5.71. The lowest BCUT2D eigenvalue weighted by Gasteiger charge is -2.45. The van der Waals surface area contributed by atoms with Crippen molar-refractivity contribution in [1.29, 1.82) is 0 Å². The van der Waals surface area contributed by atoms with Crippen LogP contribution in [0.25, 0.3) is 0 Å². The maximum atomic E-state index is 6.09. The molecule has 1 aromatic rings. The van der Waals surface area contributed by atoms with E-state index in [4.69, 9.17) is 10.5 Å². The van der Waals surface area contributed by atoms with Crippen LogP contribution in [0.2, 0.25) is 0 Å². The number of rotatable bonds is 5. The summed E-state index contributed by atoms with van der Waals surface area (Å²) in [6.07, 6.45) is 2.43. The van der Waals surface area contributed by atoms with Gasteiger partial charge in [0.2, 0.25) is 0 Å². The van der Waals surface area contributed by atoms with E-state index in [2.05, 4.69) is 49.1 Å². The Morgan fingerprint density at radius 3 is 2.74 bits per heavy atom. The lowest BCUT2D eigenvalue weighted by Crippen LogP contribution is -2.58. The Hall–Kier alpha value is -0.900. The van der Waals surface area contributed by atoms with Gasteiger partial charge in [-0.05, 0) is 25.3 Å². The SMILES string of the molecule is CCC1CN(C(C)(CN)Cc2ccccc2)CCO1. The molecule has 1 fully saturated rings. The maximum Gasteiger partial charge on any atom is 0.0700 e. The van der Waals surface area contributed by atoms with Gasteiger partial charge < -0.3 is 10.5 Å². The summed E-state index contributed by atoms with van der Waals surface area (Å²) in [7, 11) is 0. The molecule has 0 amide bonds. The summed E-state index contributed by atoms with van der Waals surface area (Å²) in [5, 5.41) is 0. The van der Waals surface area contributed by atoms with E-state index in [0.29, 0.717) is 12.6 Å². The zero-order valence-electron chi connectivity index (χ0n) is 12.1. The van der Waals surface area contributed by atoms with Crippen LogP contribution in [0.4, 0.5) is 0 Å². The Morgan fingerprint density at radius 2 is 2.11 bits per heavy atom. The van der Waals surface area contributed by atoms with Crippen LogP contribution in [0.3, 0.4) is 0 Å². The molecule has 2 atom stereocenters. The molecular formula is C16H26N2O. The third kappa shape index (κ3) is 3.56. The van der Waals surface area contributed by atoms with E-state index in [-0.39, 0.29) is 5.54 Å². The first-order valence-electron chi connectivity index (χ1n) is 7.28. The van der Waals surface area contributed by atoms with Crippen LogP contribution in [-0.4, -0.2) is 42.8 Å². The van der Waals surface area contributed by atoms with E-state index >= 15 is 0 Å². The Morgan fingerprint density at radius 1 is 1.37 bits per heavy atom. The third-order valence-electron chi connectivity index (χ3n) is 4.23. The molecule has 0 bridgehead atoms. The first kappa shape index (κ1) is 14.5. The number of nitrogens with zero attached hydrogens (tertiary/aromatic N) is 1. The number of morpholine rings is 1. The summed E-state index contributed by atoms with van der Waals surface area (Å²) in [6, 6.07) is 10.6. The lowest BCUT2D eigenvalue weighted by atomic mass is 9.90. The molecule has 2 N–H and O–H groups in total. The molecule has 1 heterocycles. The lowest BCUT2D eigenvalue weighted by molar-refractivity contribution is -0.0648. The van der Waals surface area contributed by atoms with Crippen LogP contribution < -0.4 is 5.73 Å². The molecule has 0 aromatic heterocycles. The van der Waals surface area contributed by atoms with Crippen molar-refractivity contribution in [2.75, 3.05) is 26.2 Å². The van der Waals surface area contributed by atoms with E-state index in [9.17, 15) is 0 Å². The molecule has 3 heteroatoms. The minimum Gasteiger partial charge on any atom is -0.376 e. The highest BCUT2D eigenvalue weighted by Gasteiger charge is 2.34. The second kappa shape index (κ2) is 6.51. The van der Waals surface area contributed by atoms with Crippen LogP contribution in [-0.2, 0) is 11.2 Å². The molecule has 0 spiro atoms. The molecule has 19 heavy (non-hydrogen) atoms. The quantitative estimate of drug-likeness (QED) is 0.882. The van der Waals surface area contributed by atoms with Gasteiger partial charge in [0.05, 0.1) is 12.7 Å². The molecule has 2 unspecified atom stereocenters. The predicted octanol–water partition coefficient (Wildman–Crippen LogP) is 2.06. The Bertz CT molecular complexity index is 382. The molecule has 2 rings (SSSR count). The van der Waals surface area contributed by atoms with Crippen molar-refractivity contribution in [2.45, 2.75) is 38.3 Å². The van der Waals surface area contributed by atoms with Crippen molar-refractivity contribution in [1.82, 2.24) is 4.90 Å². The van der Waals surface area contributed by atoms with Gasteiger partial charge >= 0.3 is 0 Å². The maximum absolute atomic E-state index is 6.09. The van der Waals surface area contributed by atoms with Crippen molar-refractivity contribution in [3.63, 3.8) is 0 Å². The van der Waals surface area contributed by atoms with Gasteiger partial charge in [0.1, 0.15) is 0 Å². The molecule has 1 aliphatic rings. The summed E-state index contributed by atoms with van der Waals surface area (Å²) in [5.74, 6) is 0. The summed E-state index contributed by atoms with van der Waals surface area (Å²) < 4.78 is 5.76. The van der Waals surface area contributed by atoms with Crippen LogP contribution in [0, 0.1) is 0 Å². The minimum atomic E-state index is 0.0263. The highest BCUT2D eigenvalue weighted by molar-refractivity contribution is 5.18. The fraction of sp³-hybridized carbons (Fsp3) is 0.625. The smallest absolute Gasteiger partial charge is 0.0700 e. The average Bonchev–Trinajstić information content (AvgIpc) is 2.48. The normalized spacial score (nSPS) is 24.1. The van der Waals surface area contributed by atoms with Crippen molar-refractivity contribution in [2.24, 2.45) is 5.73 Å². The predicted molar refractivity (Wildman–Crippen MR) is 79.2 cm³/mol. The number of nitrogens with two attached hydrogens (primary N) is 1. The van der Waals surface area contributed by atoms with Gasteiger partial charge in [-0.1, -0.05) is 37.3 Å². The van der Waals surface area contributed by atoms with Gasteiger partial charge in [-0.15, -0.1) is 0 Å². The fourth-order valence-electron chi connectivity index (χ4n) is 2.81. The van der Waals surface area contributed by atoms with Crippen LogP contribution in [0.15, 0.2) is 30.3 Å². The fourth-order valence-corrected chi connectivity index (χ4v) is 2.81. The highest BCUT2D eigenvalue weighted by Crippen LogP contribution is 2.23. The highest BCUT2D eigenvalue weighted by atomic mass is 16.5. The monoisotopic (exact) mass is 262 g/mol. The van der Waals surface area contributed by atoms with E-state index in [1.165, 1.54) is 5.56 Å². The Balaban J connectivity index is 2.08. The van der Waals surface area contributed by atoms with Crippen molar-refractivity contribution in [3.05, 3.63) is 35.9 Å². The first-order chi connectivity index (χ1) is 9.18. The molecule has 3 nitrogen and oxygen atoms in total. The molecular weight excluding hydrogens is 236 g/mol. The van der Waals surface area contributed by atoms with Crippen molar-refractivity contribution < 1.29 is 4.74 Å². The zero-order valence-corrected chi connectivity index (χ0v) is 12.1. The molecule has 1 saturated heterocycles. The minimum absolute atomic E-state index is 0.0263. The summed E-state index contributed by atoms with van der Waals surface area (Å²) in [4.78, 5) is 2.51. The van der Waals surface area contributed by atoms with Gasteiger partial charge in [0.25, 0.3) is 0 Å². The number of ether oxygens (including phenoxy) is 1. The molecule has 0 aliphatic carbocycles. The van der Waals surface area contributed by atoms with E-state index in [0.717, 1.165) is 32.5 Å². The number of hydrogen-bond donors (Lipinski definition) is 1. The van der Waals surface area contributed by atoms with Crippen molar-refractivity contribution in [3.8, 4) is 0 Å². The first-order valence-corrected chi connectivity index (χ1v) is 7.28. The van der Waals surface area contributed by atoms with E-state index < -0.39 is 0 Å². The molecule has 106 valence electrons. The summed E-state index contributed by atoms with van der Waals surface area (Å²) in [5.41, 5.74) is 7.47. The van der Waals surface area contributed by atoms with E-state index in [1.807, 2.05) is 0 Å². The van der Waals surface area contributed by atoms with Gasteiger partial charge in [0.15, 0.2) is 0 Å². The Kier molecular flexibility index (Phi) is 4.97. The van der Waals surface area contributed by atoms with Crippen molar-refractivity contribution >= 4 is 0 Å². The topological polar surface area (TPSA) is 38.5 Å². The van der Waals surface area contributed by atoms with Gasteiger partial charge in [-0.2, -0.15) is 0 Å². The summed E-state index contributed by atoms with van der Waals surface area (Å²) in [6.45, 7) is 7.94. The van der Waals surface area contributed by atoms with Crippen LogP contribution in [0.1, 0.15) is 25.8 Å². The number of benzene rings is 1. The third-order valence-corrected chi connectivity index (χ3v) is 4.23. The Labute approximate surface area is 116 Å². The molecule has 1 aliphatic heterocycles. The molecule has 1 aromatic carbocycles. The molecule has 0 saturated carbocycles.